The van der Waals surface area contributed by atoms with Crippen LogP contribution < -0.4 is 5.32 Å². The molecule has 0 radical (unpaired) electrons. The first-order valence-corrected chi connectivity index (χ1v) is 9.89. The van der Waals surface area contributed by atoms with Crippen molar-refractivity contribution in [3.05, 3.63) is 95.9 Å². The molecule has 2 heterocycles. The lowest BCUT2D eigenvalue weighted by Gasteiger charge is -2.37. The molecular formula is C24H26N2O2. The molecular weight excluding hydrogens is 348 g/mol. The van der Waals surface area contributed by atoms with Crippen molar-refractivity contribution in [2.75, 3.05) is 13.1 Å². The number of furan rings is 1. The predicted molar refractivity (Wildman–Crippen MR) is 110 cm³/mol. The Kier molecular flexibility index (Phi) is 5.88. The number of hydrogen-bond acceptors (Lipinski definition) is 3. The number of piperidine rings is 1. The van der Waals surface area contributed by atoms with E-state index in [1.807, 2.05) is 24.3 Å². The molecule has 1 amide bonds. The molecule has 28 heavy (non-hydrogen) atoms. The molecule has 3 aromatic rings. The molecule has 0 bridgehead atoms. The second-order valence-electron chi connectivity index (χ2n) is 7.52. The average molecular weight is 374 g/mol. The number of amides is 1. The van der Waals surface area contributed by atoms with E-state index in [-0.39, 0.29) is 11.8 Å². The molecule has 4 rings (SSSR count). The minimum atomic E-state index is -0.0300. The summed E-state index contributed by atoms with van der Waals surface area (Å²) in [5, 5.41) is 3.05. The Morgan fingerprint density at radius 1 is 0.964 bits per heavy atom. The van der Waals surface area contributed by atoms with E-state index in [1.54, 1.807) is 6.26 Å². The van der Waals surface area contributed by atoms with Crippen LogP contribution in [0.15, 0.2) is 83.5 Å². The molecule has 2 aromatic carbocycles. The van der Waals surface area contributed by atoms with Gasteiger partial charge in [-0.25, -0.2) is 0 Å². The summed E-state index contributed by atoms with van der Waals surface area (Å²) in [5.41, 5.74) is 2.59. The molecule has 2 atom stereocenters. The van der Waals surface area contributed by atoms with Crippen LogP contribution in [-0.4, -0.2) is 23.9 Å². The van der Waals surface area contributed by atoms with Crippen LogP contribution in [0.1, 0.15) is 29.2 Å². The highest BCUT2D eigenvalue weighted by atomic mass is 16.3. The summed E-state index contributed by atoms with van der Waals surface area (Å²) in [6.45, 7) is 3.06. The van der Waals surface area contributed by atoms with Crippen LogP contribution in [0.5, 0.6) is 0 Å². The van der Waals surface area contributed by atoms with Crippen molar-refractivity contribution >= 4 is 5.91 Å². The van der Waals surface area contributed by atoms with Gasteiger partial charge in [0.1, 0.15) is 5.76 Å². The normalized spacial score (nSPS) is 20.0. The highest BCUT2D eigenvalue weighted by Crippen LogP contribution is 2.31. The zero-order valence-corrected chi connectivity index (χ0v) is 16.0. The Balaban J connectivity index is 1.47. The first-order valence-electron chi connectivity index (χ1n) is 9.89. The van der Waals surface area contributed by atoms with E-state index in [1.165, 1.54) is 11.1 Å². The van der Waals surface area contributed by atoms with Gasteiger partial charge in [0.05, 0.1) is 18.7 Å². The average Bonchev–Trinajstić information content (AvgIpc) is 3.27. The van der Waals surface area contributed by atoms with Gasteiger partial charge in [0.15, 0.2) is 0 Å². The van der Waals surface area contributed by atoms with Gasteiger partial charge in [0, 0.05) is 19.6 Å². The summed E-state index contributed by atoms with van der Waals surface area (Å²) < 4.78 is 5.34. The van der Waals surface area contributed by atoms with Gasteiger partial charge in [-0.05, 0) is 35.6 Å². The van der Waals surface area contributed by atoms with Gasteiger partial charge in [-0.3, -0.25) is 9.69 Å². The molecule has 1 aliphatic heterocycles. The highest BCUT2D eigenvalue weighted by molar-refractivity contribution is 5.79. The smallest absolute Gasteiger partial charge is 0.224 e. The molecule has 0 saturated carbocycles. The Hall–Kier alpha value is -2.85. The third-order valence-electron chi connectivity index (χ3n) is 5.43. The maximum atomic E-state index is 12.9. The zero-order valence-electron chi connectivity index (χ0n) is 16.0. The number of rotatable bonds is 6. The Morgan fingerprint density at radius 2 is 1.71 bits per heavy atom. The number of carbonyl (C=O) groups is 1. The number of benzene rings is 2. The quantitative estimate of drug-likeness (QED) is 0.703. The predicted octanol–water partition coefficient (Wildman–Crippen LogP) is 4.20. The van der Waals surface area contributed by atoms with E-state index in [0.29, 0.717) is 12.5 Å². The molecule has 2 unspecified atom stereocenters. The van der Waals surface area contributed by atoms with Gasteiger partial charge in [-0.2, -0.15) is 0 Å². The maximum absolute atomic E-state index is 12.9. The van der Waals surface area contributed by atoms with Crippen molar-refractivity contribution in [1.82, 2.24) is 10.2 Å². The van der Waals surface area contributed by atoms with Gasteiger partial charge in [0.25, 0.3) is 0 Å². The van der Waals surface area contributed by atoms with Crippen LogP contribution in [-0.2, 0) is 17.9 Å². The van der Waals surface area contributed by atoms with Crippen molar-refractivity contribution in [2.24, 2.45) is 5.92 Å². The molecule has 1 N–H and O–H groups in total. The first-order chi connectivity index (χ1) is 13.8. The Morgan fingerprint density at radius 3 is 2.43 bits per heavy atom. The number of carbonyl (C=O) groups excluding carboxylic acids is 1. The lowest BCUT2D eigenvalue weighted by molar-refractivity contribution is -0.127. The van der Waals surface area contributed by atoms with Crippen molar-refractivity contribution in [1.29, 1.82) is 0 Å². The van der Waals surface area contributed by atoms with Crippen molar-refractivity contribution in [3.8, 4) is 0 Å². The third-order valence-corrected chi connectivity index (χ3v) is 5.43. The van der Waals surface area contributed by atoms with E-state index in [4.69, 9.17) is 4.42 Å². The molecule has 1 saturated heterocycles. The van der Waals surface area contributed by atoms with E-state index >= 15 is 0 Å². The van der Waals surface area contributed by atoms with Crippen molar-refractivity contribution in [3.63, 3.8) is 0 Å². The largest absolute Gasteiger partial charge is 0.467 e. The SMILES string of the molecule is O=C(NCc1ccco1)C1CC(c2ccccc2)CN(Cc2ccccc2)C1. The third kappa shape index (κ3) is 4.70. The molecule has 4 nitrogen and oxygen atoms in total. The molecule has 1 aromatic heterocycles. The molecule has 1 fully saturated rings. The number of nitrogens with zero attached hydrogens (tertiary/aromatic N) is 1. The van der Waals surface area contributed by atoms with Crippen LogP contribution in [0.4, 0.5) is 0 Å². The summed E-state index contributed by atoms with van der Waals surface area (Å²) in [6, 6.07) is 24.8. The molecule has 144 valence electrons. The van der Waals surface area contributed by atoms with Gasteiger partial charge < -0.3 is 9.73 Å². The van der Waals surface area contributed by atoms with Gasteiger partial charge in [0.2, 0.25) is 5.91 Å². The number of likely N-dealkylation sites (tertiary alicyclic amines) is 1. The number of hydrogen-bond donors (Lipinski definition) is 1. The highest BCUT2D eigenvalue weighted by Gasteiger charge is 2.32. The second-order valence-corrected chi connectivity index (χ2v) is 7.52. The second kappa shape index (κ2) is 8.89. The fourth-order valence-electron chi connectivity index (χ4n) is 4.05. The summed E-state index contributed by atoms with van der Waals surface area (Å²) in [6.07, 6.45) is 2.51. The lowest BCUT2D eigenvalue weighted by Crippen LogP contribution is -2.45. The van der Waals surface area contributed by atoms with E-state index < -0.39 is 0 Å². The molecule has 0 aliphatic carbocycles. The van der Waals surface area contributed by atoms with Crippen LogP contribution in [0, 0.1) is 5.92 Å². The summed E-state index contributed by atoms with van der Waals surface area (Å²) in [7, 11) is 0. The van der Waals surface area contributed by atoms with E-state index in [9.17, 15) is 4.79 Å². The van der Waals surface area contributed by atoms with Crippen molar-refractivity contribution < 1.29 is 9.21 Å². The minimum absolute atomic E-state index is 0.0300. The Bertz CT molecular complexity index is 862. The molecule has 1 aliphatic rings. The fraction of sp³-hybridized carbons (Fsp3) is 0.292. The first kappa shape index (κ1) is 18.5. The Labute approximate surface area is 166 Å². The fourth-order valence-corrected chi connectivity index (χ4v) is 4.05. The zero-order chi connectivity index (χ0) is 19.2. The van der Waals surface area contributed by atoms with Crippen LogP contribution in [0.3, 0.4) is 0 Å². The minimum Gasteiger partial charge on any atom is -0.467 e. The van der Waals surface area contributed by atoms with E-state index in [2.05, 4.69) is 58.7 Å². The number of nitrogens with one attached hydrogen (secondary N) is 1. The summed E-state index contributed by atoms with van der Waals surface area (Å²) in [4.78, 5) is 15.3. The maximum Gasteiger partial charge on any atom is 0.224 e. The summed E-state index contributed by atoms with van der Waals surface area (Å²) >= 11 is 0. The topological polar surface area (TPSA) is 45.5 Å². The van der Waals surface area contributed by atoms with Gasteiger partial charge >= 0.3 is 0 Å². The lowest BCUT2D eigenvalue weighted by atomic mass is 9.84. The van der Waals surface area contributed by atoms with Crippen molar-refractivity contribution in [2.45, 2.75) is 25.4 Å². The molecule has 4 heteroatoms. The standard InChI is InChI=1S/C24H26N2O2/c27-24(25-15-23-12-7-13-28-23)22-14-21(20-10-5-2-6-11-20)17-26(18-22)16-19-8-3-1-4-9-19/h1-13,21-22H,14-18H2,(H,25,27). The summed E-state index contributed by atoms with van der Waals surface area (Å²) in [5.74, 6) is 1.22. The van der Waals surface area contributed by atoms with Crippen LogP contribution in [0.25, 0.3) is 0 Å². The van der Waals surface area contributed by atoms with Gasteiger partial charge in [-0.15, -0.1) is 0 Å². The van der Waals surface area contributed by atoms with Crippen LogP contribution >= 0.6 is 0 Å². The monoisotopic (exact) mass is 374 g/mol. The molecule has 0 spiro atoms. The van der Waals surface area contributed by atoms with Gasteiger partial charge in [-0.1, -0.05) is 60.7 Å². The van der Waals surface area contributed by atoms with Crippen LogP contribution in [0.2, 0.25) is 0 Å². The van der Waals surface area contributed by atoms with E-state index in [0.717, 1.165) is 31.8 Å².